The maximum absolute atomic E-state index is 14.9. The first kappa shape index (κ1) is 49.3. The molecule has 2 aliphatic carbocycles. The van der Waals surface area contributed by atoms with Gasteiger partial charge in [0.05, 0.1) is 31.8 Å². The number of fused-ring (bicyclic) bond motifs is 15. The summed E-state index contributed by atoms with van der Waals surface area (Å²) in [4.78, 5) is 4.53. The van der Waals surface area contributed by atoms with E-state index in [0.29, 0.717) is 11.6 Å². The summed E-state index contributed by atoms with van der Waals surface area (Å²) in [7, 11) is 0. The minimum atomic E-state index is -4.55. The molecular weight excluding hydrogens is 1010 g/mol. The van der Waals surface area contributed by atoms with Crippen LogP contribution in [0, 0.1) is 6.92 Å². The number of thiophene rings is 2. The molecule has 0 aliphatic heterocycles. The first-order valence-electron chi connectivity index (χ1n) is 27.4. The maximum atomic E-state index is 14.9. The normalized spacial score (nSPS) is 14.1. The third-order valence-corrected chi connectivity index (χ3v) is 19.7. The lowest BCUT2D eigenvalue weighted by molar-refractivity contribution is -0.137. The monoisotopic (exact) mass is 1070 g/mol. The zero-order chi connectivity index (χ0) is 54.3. The van der Waals surface area contributed by atoms with E-state index in [0.717, 1.165) is 66.2 Å². The summed E-state index contributed by atoms with van der Waals surface area (Å²) in [5.74, 6) is 0.654. The molecule has 7 heteroatoms. The number of hydrogen-bond donors (Lipinski definition) is 0. The van der Waals surface area contributed by atoms with Gasteiger partial charge in [0.25, 0.3) is 0 Å². The zero-order valence-electron chi connectivity index (χ0n) is 45.1. The number of alkyl halides is 3. The van der Waals surface area contributed by atoms with Gasteiger partial charge < -0.3 is 9.80 Å². The maximum Gasteiger partial charge on any atom is 0.416 e. The molecule has 2 heterocycles. The predicted octanol–water partition coefficient (Wildman–Crippen LogP) is 21.9. The van der Waals surface area contributed by atoms with Crippen molar-refractivity contribution in [3.63, 3.8) is 0 Å². The van der Waals surface area contributed by atoms with Crippen LogP contribution in [0.4, 0.5) is 47.3 Å². The first-order valence-corrected chi connectivity index (χ1v) is 29.0. The van der Waals surface area contributed by atoms with Crippen molar-refractivity contribution in [3.05, 3.63) is 262 Å². The molecule has 2 aliphatic rings. The number of benzene rings is 10. The Morgan fingerprint density at radius 3 is 1.25 bits per heavy atom. The molecule has 1 spiro atoms. The molecule has 0 N–H and O–H groups in total. The van der Waals surface area contributed by atoms with Crippen LogP contribution in [0.15, 0.2) is 206 Å². The smallest absolute Gasteiger partial charge is 0.309 e. The van der Waals surface area contributed by atoms with Crippen molar-refractivity contribution in [3.8, 4) is 11.1 Å². The number of aryl methyl sites for hydroxylation is 1. The van der Waals surface area contributed by atoms with E-state index in [1.54, 1.807) is 11.3 Å². The Bertz CT molecular complexity index is 4410. The lowest BCUT2D eigenvalue weighted by Gasteiger charge is -2.47. The molecule has 12 aromatic rings. The summed E-state index contributed by atoms with van der Waals surface area (Å²) in [6.07, 6.45) is -4.55. The molecule has 0 saturated heterocycles. The zero-order valence-corrected chi connectivity index (χ0v) is 46.8. The van der Waals surface area contributed by atoms with Crippen LogP contribution < -0.4 is 9.80 Å². The molecule has 0 radical (unpaired) electrons. The van der Waals surface area contributed by atoms with Crippen LogP contribution in [0.25, 0.3) is 51.5 Å². The van der Waals surface area contributed by atoms with E-state index in [1.165, 1.54) is 82.0 Å². The standard InChI is InChI=1S/C72H57F3N2S2/c1-42(2)50-22-14-24-54-56-26-16-32-64(68(56)78-66(50)54)76(46-20-12-18-44(5)38-46)48-34-36-52-53-37-35-49(41-63(53)71(62(52)40-48)60-30-10-8-28-58(60)70(6,7)59-29-9-11-31-61(59)71)77(47-21-13-19-45(39-47)72(73,74)75)65-33-17-27-57-55-25-15-23-51(43(3)4)67(55)79-69(57)65/h8-43H,1-7H3. The molecule has 388 valence electrons. The lowest BCUT2D eigenvalue weighted by atomic mass is 9.55. The molecule has 14 rings (SSSR count). The van der Waals surface area contributed by atoms with Gasteiger partial charge in [-0.3, -0.25) is 0 Å². The molecule has 79 heavy (non-hydrogen) atoms. The van der Waals surface area contributed by atoms with Crippen LogP contribution in [0.3, 0.4) is 0 Å². The van der Waals surface area contributed by atoms with Gasteiger partial charge in [0, 0.05) is 59.1 Å². The second kappa shape index (κ2) is 18.0. The van der Waals surface area contributed by atoms with Crippen molar-refractivity contribution in [2.45, 2.75) is 77.3 Å². The average molecular weight is 1070 g/mol. The number of nitrogens with zero attached hydrogens (tertiary/aromatic N) is 2. The fourth-order valence-electron chi connectivity index (χ4n) is 13.5. The highest BCUT2D eigenvalue weighted by Crippen LogP contribution is 2.64. The van der Waals surface area contributed by atoms with E-state index in [9.17, 15) is 13.2 Å². The largest absolute Gasteiger partial charge is 0.416 e. The van der Waals surface area contributed by atoms with Crippen LogP contribution in [0.5, 0.6) is 0 Å². The second-order valence-corrected chi connectivity index (χ2v) is 24.8. The topological polar surface area (TPSA) is 6.48 Å². The number of rotatable bonds is 8. The van der Waals surface area contributed by atoms with Gasteiger partial charge in [0.2, 0.25) is 0 Å². The number of hydrogen-bond acceptors (Lipinski definition) is 4. The van der Waals surface area contributed by atoms with E-state index in [4.69, 9.17) is 0 Å². The summed E-state index contributed by atoms with van der Waals surface area (Å²) in [5.41, 5.74) is 16.5. The van der Waals surface area contributed by atoms with Crippen molar-refractivity contribution in [2.24, 2.45) is 0 Å². The summed E-state index contributed by atoms with van der Waals surface area (Å²) in [6.45, 7) is 15.8. The Hall–Kier alpha value is -7.97. The van der Waals surface area contributed by atoms with Crippen molar-refractivity contribution >= 4 is 97.1 Å². The van der Waals surface area contributed by atoms with E-state index in [1.807, 2.05) is 17.4 Å². The van der Waals surface area contributed by atoms with E-state index in [-0.39, 0.29) is 11.3 Å². The molecule has 0 amide bonds. The summed E-state index contributed by atoms with van der Waals surface area (Å²) in [5, 5.41) is 4.75. The highest BCUT2D eigenvalue weighted by atomic mass is 32.1. The molecule has 2 nitrogen and oxygen atoms in total. The molecule has 0 fully saturated rings. The Kier molecular flexibility index (Phi) is 11.3. The fraction of sp³-hybridized carbons (Fsp3) is 0.167. The van der Waals surface area contributed by atoms with Gasteiger partial charge >= 0.3 is 6.18 Å². The van der Waals surface area contributed by atoms with Gasteiger partial charge in [-0.25, -0.2) is 0 Å². The molecule has 0 saturated carbocycles. The molecule has 10 aromatic carbocycles. The third-order valence-electron chi connectivity index (χ3n) is 17.1. The van der Waals surface area contributed by atoms with Crippen molar-refractivity contribution < 1.29 is 13.2 Å². The van der Waals surface area contributed by atoms with E-state index >= 15 is 0 Å². The van der Waals surface area contributed by atoms with E-state index < -0.39 is 17.2 Å². The van der Waals surface area contributed by atoms with Gasteiger partial charge in [0.15, 0.2) is 0 Å². The summed E-state index contributed by atoms with van der Waals surface area (Å²) >= 11 is 3.61. The highest BCUT2D eigenvalue weighted by Gasteiger charge is 2.54. The fourth-order valence-corrected chi connectivity index (χ4v) is 16.4. The van der Waals surface area contributed by atoms with Gasteiger partial charge in [-0.15, -0.1) is 22.7 Å². The van der Waals surface area contributed by atoms with Crippen LogP contribution in [0.2, 0.25) is 0 Å². The Labute approximate surface area is 467 Å². The van der Waals surface area contributed by atoms with Gasteiger partial charge in [-0.05, 0) is 147 Å². The Morgan fingerprint density at radius 2 is 0.797 bits per heavy atom. The van der Waals surface area contributed by atoms with Crippen LogP contribution >= 0.6 is 22.7 Å². The van der Waals surface area contributed by atoms with Crippen LogP contribution in [-0.2, 0) is 17.0 Å². The Morgan fingerprint density at radius 1 is 0.392 bits per heavy atom. The van der Waals surface area contributed by atoms with Gasteiger partial charge in [-0.2, -0.15) is 13.2 Å². The van der Waals surface area contributed by atoms with Gasteiger partial charge in [-0.1, -0.05) is 181 Å². The van der Waals surface area contributed by atoms with Crippen LogP contribution in [-0.4, -0.2) is 0 Å². The quantitative estimate of drug-likeness (QED) is 0.150. The SMILES string of the molecule is Cc1cccc(N(c2ccc3c(c2)C2(c4cc(N(c5cccc(C(F)(F)F)c5)c5cccc6c5sc5c(C(C)C)cccc56)ccc4-3)c3ccccc3C(C)(C)c3ccccc32)c2cccc3c2sc2c(C(C)C)cccc23)c1. The first-order chi connectivity index (χ1) is 38.1. The molecule has 2 aromatic heterocycles. The highest BCUT2D eigenvalue weighted by molar-refractivity contribution is 7.27. The average Bonchev–Trinajstić information content (AvgIpc) is 4.29. The minimum Gasteiger partial charge on any atom is -0.309 e. The summed E-state index contributed by atoms with van der Waals surface area (Å²) in [6, 6.07) is 72.5. The minimum absolute atomic E-state index is 0.285. The molecule has 0 atom stereocenters. The lowest BCUT2D eigenvalue weighted by Crippen LogP contribution is -2.40. The Balaban J connectivity index is 1.06. The predicted molar refractivity (Wildman–Crippen MR) is 329 cm³/mol. The number of halogens is 3. The van der Waals surface area contributed by atoms with Crippen molar-refractivity contribution in [2.75, 3.05) is 9.80 Å². The van der Waals surface area contributed by atoms with Gasteiger partial charge in [0.1, 0.15) is 0 Å². The number of anilines is 6. The second-order valence-electron chi connectivity index (χ2n) is 22.8. The van der Waals surface area contributed by atoms with Crippen molar-refractivity contribution in [1.29, 1.82) is 0 Å². The molecular formula is C72H57F3N2S2. The third kappa shape index (κ3) is 7.35. The molecule has 0 bridgehead atoms. The molecule has 0 unspecified atom stereocenters. The van der Waals surface area contributed by atoms with Crippen LogP contribution in [0.1, 0.15) is 109 Å². The van der Waals surface area contributed by atoms with Crippen molar-refractivity contribution in [1.82, 2.24) is 0 Å². The van der Waals surface area contributed by atoms with E-state index in [2.05, 4.69) is 240 Å². The summed E-state index contributed by atoms with van der Waals surface area (Å²) < 4.78 is 49.6.